The Labute approximate surface area is 198 Å². The Kier molecular flexibility index (Phi) is 12.8. The number of hydrogen-bond acceptors (Lipinski definition) is 8. The number of H-pyrrole nitrogens is 1. The molecule has 5 atom stereocenters. The number of amides is 3. The van der Waals surface area contributed by atoms with Crippen LogP contribution in [0.1, 0.15) is 45.2 Å². The molecule has 0 saturated carbocycles. The van der Waals surface area contributed by atoms with Crippen LogP contribution in [-0.2, 0) is 25.6 Å². The fourth-order valence-electron chi connectivity index (χ4n) is 3.17. The van der Waals surface area contributed by atoms with Gasteiger partial charge in [-0.15, -0.1) is 0 Å². The van der Waals surface area contributed by atoms with Gasteiger partial charge in [-0.2, -0.15) is 0 Å². The molecule has 1 aromatic rings. The highest BCUT2D eigenvalue weighted by atomic mass is 16.4. The molecular formula is C21H37N7O6. The van der Waals surface area contributed by atoms with Crippen LogP contribution < -0.4 is 27.4 Å². The first-order valence-corrected chi connectivity index (χ1v) is 11.3. The molecule has 0 aliphatic rings. The van der Waals surface area contributed by atoms with Crippen molar-refractivity contribution < 1.29 is 29.4 Å². The van der Waals surface area contributed by atoms with Crippen LogP contribution in [0.2, 0.25) is 0 Å². The predicted octanol–water partition coefficient (Wildman–Crippen LogP) is -2.01. The van der Waals surface area contributed by atoms with Crippen molar-refractivity contribution in [3.63, 3.8) is 0 Å². The van der Waals surface area contributed by atoms with Gasteiger partial charge < -0.3 is 42.6 Å². The lowest BCUT2D eigenvalue weighted by Crippen LogP contribution is -2.59. The van der Waals surface area contributed by atoms with E-state index in [1.807, 2.05) is 6.92 Å². The summed E-state index contributed by atoms with van der Waals surface area (Å²) in [5.74, 6) is -3.63. The molecule has 0 saturated heterocycles. The summed E-state index contributed by atoms with van der Waals surface area (Å²) in [6.45, 7) is 3.15. The Morgan fingerprint density at radius 3 is 2.29 bits per heavy atom. The quantitative estimate of drug-likeness (QED) is 0.121. The number of nitrogens with one attached hydrogen (secondary N) is 4. The van der Waals surface area contributed by atoms with E-state index in [-0.39, 0.29) is 18.8 Å². The second-order valence-electron chi connectivity index (χ2n) is 8.19. The van der Waals surface area contributed by atoms with Gasteiger partial charge in [0.25, 0.3) is 0 Å². The van der Waals surface area contributed by atoms with E-state index >= 15 is 0 Å². The summed E-state index contributed by atoms with van der Waals surface area (Å²) in [5.41, 5.74) is 12.2. The van der Waals surface area contributed by atoms with Crippen LogP contribution in [0.15, 0.2) is 12.5 Å². The number of unbranched alkanes of at least 4 members (excludes halogenated alkanes) is 1. The fraction of sp³-hybridized carbons (Fsp3) is 0.667. The van der Waals surface area contributed by atoms with Gasteiger partial charge >= 0.3 is 5.97 Å². The standard InChI is InChI=1S/C21H37N7O6/c1-3-12(2)17(20(32)27-16(10-29)21(33)34)28-19(31)15(6-4-5-7-22)26-18(30)14(23)8-13-9-24-11-25-13/h9,11-12,14-17,29H,3-8,10,22-23H2,1-2H3,(H,24,25)(H,26,30)(H,27,32)(H,28,31)(H,33,34). The SMILES string of the molecule is CCC(C)C(NC(=O)C(CCCCN)NC(=O)C(N)Cc1cnc[nH]1)C(=O)NC(CO)C(=O)O. The van der Waals surface area contributed by atoms with Crippen molar-refractivity contribution in [2.24, 2.45) is 17.4 Å². The predicted molar refractivity (Wildman–Crippen MR) is 123 cm³/mol. The molecule has 0 aliphatic carbocycles. The van der Waals surface area contributed by atoms with Gasteiger partial charge in [-0.05, 0) is 31.7 Å². The first-order chi connectivity index (χ1) is 16.1. The van der Waals surface area contributed by atoms with Crippen LogP contribution in [0.4, 0.5) is 0 Å². The number of aliphatic hydroxyl groups is 1. The maximum absolute atomic E-state index is 13.1. The van der Waals surface area contributed by atoms with Crippen molar-refractivity contribution in [3.8, 4) is 0 Å². The zero-order valence-corrected chi connectivity index (χ0v) is 19.6. The minimum atomic E-state index is -1.50. The molecule has 3 amide bonds. The van der Waals surface area contributed by atoms with Crippen LogP contribution in [0, 0.1) is 5.92 Å². The minimum absolute atomic E-state index is 0.193. The molecule has 0 radical (unpaired) electrons. The van der Waals surface area contributed by atoms with E-state index in [1.165, 1.54) is 6.33 Å². The summed E-state index contributed by atoms with van der Waals surface area (Å²) in [5, 5.41) is 25.8. The van der Waals surface area contributed by atoms with Gasteiger partial charge in [0.1, 0.15) is 18.1 Å². The number of aliphatic hydroxyl groups excluding tert-OH is 1. The molecular weight excluding hydrogens is 446 g/mol. The number of carbonyl (C=O) groups excluding carboxylic acids is 3. The van der Waals surface area contributed by atoms with Gasteiger partial charge in [-0.25, -0.2) is 9.78 Å². The van der Waals surface area contributed by atoms with Gasteiger partial charge in [0.05, 0.1) is 19.0 Å². The number of imidazole rings is 1. The number of aromatic amines is 1. The van der Waals surface area contributed by atoms with Gasteiger partial charge in [0.15, 0.2) is 0 Å². The highest BCUT2D eigenvalue weighted by Gasteiger charge is 2.32. The number of nitrogens with two attached hydrogens (primary N) is 2. The smallest absolute Gasteiger partial charge is 0.328 e. The van der Waals surface area contributed by atoms with E-state index in [2.05, 4.69) is 25.9 Å². The third-order valence-electron chi connectivity index (χ3n) is 5.50. The molecule has 1 heterocycles. The Morgan fingerprint density at radius 1 is 1.09 bits per heavy atom. The summed E-state index contributed by atoms with van der Waals surface area (Å²) < 4.78 is 0. The molecule has 13 heteroatoms. The first-order valence-electron chi connectivity index (χ1n) is 11.3. The van der Waals surface area contributed by atoms with E-state index in [0.717, 1.165) is 0 Å². The molecule has 0 bridgehead atoms. The summed E-state index contributed by atoms with van der Waals surface area (Å²) in [6.07, 6.45) is 5.17. The number of rotatable bonds is 16. The molecule has 34 heavy (non-hydrogen) atoms. The summed E-state index contributed by atoms with van der Waals surface area (Å²) in [4.78, 5) is 56.3. The molecule has 5 unspecified atom stereocenters. The Morgan fingerprint density at radius 2 is 1.76 bits per heavy atom. The van der Waals surface area contributed by atoms with Crippen molar-refractivity contribution in [1.29, 1.82) is 0 Å². The monoisotopic (exact) mass is 483 g/mol. The van der Waals surface area contributed by atoms with Gasteiger partial charge in [-0.1, -0.05) is 20.3 Å². The molecule has 0 fully saturated rings. The number of nitrogens with zero attached hydrogens (tertiary/aromatic N) is 1. The Bertz CT molecular complexity index is 789. The normalized spacial score (nSPS) is 15.4. The third kappa shape index (κ3) is 9.45. The van der Waals surface area contributed by atoms with Crippen LogP contribution >= 0.6 is 0 Å². The van der Waals surface area contributed by atoms with Crippen molar-refractivity contribution in [2.45, 2.75) is 70.1 Å². The van der Waals surface area contributed by atoms with Crippen LogP contribution in [0.25, 0.3) is 0 Å². The number of aliphatic carboxylic acids is 1. The third-order valence-corrected chi connectivity index (χ3v) is 5.50. The molecule has 13 nitrogen and oxygen atoms in total. The van der Waals surface area contributed by atoms with Gasteiger partial charge in [0, 0.05) is 18.3 Å². The number of hydrogen-bond donors (Lipinski definition) is 8. The largest absolute Gasteiger partial charge is 0.480 e. The lowest BCUT2D eigenvalue weighted by molar-refractivity contribution is -0.143. The minimum Gasteiger partial charge on any atom is -0.480 e. The van der Waals surface area contributed by atoms with Gasteiger partial charge in [-0.3, -0.25) is 14.4 Å². The van der Waals surface area contributed by atoms with Crippen LogP contribution in [0.3, 0.4) is 0 Å². The Balaban J connectivity index is 2.93. The second-order valence-corrected chi connectivity index (χ2v) is 8.19. The molecule has 1 aromatic heterocycles. The number of carboxylic acids is 1. The van der Waals surface area contributed by atoms with E-state index in [4.69, 9.17) is 16.6 Å². The first kappa shape index (κ1) is 29.0. The summed E-state index contributed by atoms with van der Waals surface area (Å²) in [7, 11) is 0. The van der Waals surface area contributed by atoms with Crippen LogP contribution in [-0.4, -0.2) is 81.2 Å². The summed E-state index contributed by atoms with van der Waals surface area (Å²) >= 11 is 0. The van der Waals surface area contributed by atoms with E-state index < -0.39 is 54.5 Å². The van der Waals surface area contributed by atoms with Crippen molar-refractivity contribution >= 4 is 23.7 Å². The van der Waals surface area contributed by atoms with Crippen molar-refractivity contribution in [1.82, 2.24) is 25.9 Å². The van der Waals surface area contributed by atoms with Crippen LogP contribution in [0.5, 0.6) is 0 Å². The van der Waals surface area contributed by atoms with Crippen molar-refractivity contribution in [2.75, 3.05) is 13.2 Å². The average molecular weight is 484 g/mol. The zero-order chi connectivity index (χ0) is 25.7. The van der Waals surface area contributed by atoms with E-state index in [1.54, 1.807) is 13.1 Å². The molecule has 0 aromatic carbocycles. The fourth-order valence-corrected chi connectivity index (χ4v) is 3.17. The maximum atomic E-state index is 13.1. The van der Waals surface area contributed by atoms with Crippen molar-refractivity contribution in [3.05, 3.63) is 18.2 Å². The van der Waals surface area contributed by atoms with E-state index in [0.29, 0.717) is 31.5 Å². The lowest BCUT2D eigenvalue weighted by Gasteiger charge is -2.28. The lowest BCUT2D eigenvalue weighted by atomic mass is 9.97. The van der Waals surface area contributed by atoms with Gasteiger partial charge in [0.2, 0.25) is 17.7 Å². The molecule has 1 rings (SSSR count). The molecule has 0 aliphatic heterocycles. The highest BCUT2D eigenvalue weighted by Crippen LogP contribution is 2.10. The number of carbonyl (C=O) groups is 4. The Hall–Kier alpha value is -3.03. The number of aromatic nitrogens is 2. The zero-order valence-electron chi connectivity index (χ0n) is 19.6. The molecule has 192 valence electrons. The topological polar surface area (TPSA) is 226 Å². The average Bonchev–Trinajstić information content (AvgIpc) is 3.32. The second kappa shape index (κ2) is 15.0. The van der Waals surface area contributed by atoms with E-state index in [9.17, 15) is 24.3 Å². The molecule has 10 N–H and O–H groups in total. The molecule has 0 spiro atoms. The number of carboxylic acid groups (broad SMARTS) is 1. The maximum Gasteiger partial charge on any atom is 0.328 e. The summed E-state index contributed by atoms with van der Waals surface area (Å²) in [6, 6.07) is -4.48. The highest BCUT2D eigenvalue weighted by molar-refractivity contribution is 5.94.